The first-order valence-corrected chi connectivity index (χ1v) is 26.3. The summed E-state index contributed by atoms with van der Waals surface area (Å²) in [6.45, 7) is 4.32. The first-order valence-electron chi connectivity index (χ1n) is 26.3. The van der Waals surface area contributed by atoms with Gasteiger partial charge in [-0.05, 0) is 37.1 Å². The minimum Gasteiger partial charge on any atom is -0.467 e. The summed E-state index contributed by atoms with van der Waals surface area (Å²) in [4.78, 5) is 126. The number of nitrogens with one attached hydrogen (secondary N) is 4. The quantitative estimate of drug-likeness (QED) is 0.0235. The number of methoxy groups -OCH3 is 2. The summed E-state index contributed by atoms with van der Waals surface area (Å²) in [7, 11) is 2.38. The second-order valence-corrected chi connectivity index (χ2v) is 19.3. The number of fused-ring (bicyclic) bond motifs is 1. The fraction of sp³-hybridized carbons (Fsp3) is 0.596. The molecule has 4 heterocycles. The summed E-state index contributed by atoms with van der Waals surface area (Å²) in [5, 5.41) is 17.2. The number of aliphatic hydroxyl groups excluding tert-OH is 1. The highest BCUT2D eigenvalue weighted by atomic mass is 19.4. The maximum absolute atomic E-state index is 14.0. The maximum atomic E-state index is 14.0. The van der Waals surface area contributed by atoms with Crippen molar-refractivity contribution in [3.05, 3.63) is 85.2 Å². The third-order valence-electron chi connectivity index (χ3n) is 13.0. The molecule has 26 heteroatoms. The number of ether oxygens (including phenoxy) is 3. The van der Waals surface area contributed by atoms with Crippen LogP contribution in [0.15, 0.2) is 57.1 Å². The lowest BCUT2D eigenvalue weighted by Crippen LogP contribution is -2.43. The zero-order valence-corrected chi connectivity index (χ0v) is 44.6. The molecule has 5 atom stereocenters. The summed E-state index contributed by atoms with van der Waals surface area (Å²) in [6, 6.07) is 4.00. The number of amides is 4. The third-order valence-corrected chi connectivity index (χ3v) is 13.0. The van der Waals surface area contributed by atoms with Gasteiger partial charge in [0.2, 0.25) is 17.8 Å². The van der Waals surface area contributed by atoms with Crippen molar-refractivity contribution in [2.24, 2.45) is 5.92 Å². The fourth-order valence-corrected chi connectivity index (χ4v) is 8.60. The monoisotopic (exact) mass is 1100 g/mol. The predicted molar refractivity (Wildman–Crippen MR) is 278 cm³/mol. The number of esters is 1. The zero-order valence-electron chi connectivity index (χ0n) is 44.6. The molecule has 4 unspecified atom stereocenters. The van der Waals surface area contributed by atoms with Crippen LogP contribution in [-0.4, -0.2) is 127 Å². The zero-order chi connectivity index (χ0) is 56.9. The number of alkyl halides is 3. The Morgan fingerprint density at radius 2 is 1.50 bits per heavy atom. The molecule has 4 amide bonds. The fourth-order valence-electron chi connectivity index (χ4n) is 8.60. The normalized spacial score (nSPS) is 16.7. The molecule has 428 valence electrons. The number of unbranched alkanes of at least 4 members (excludes halogenated alkanes) is 13. The highest BCUT2D eigenvalue weighted by molar-refractivity contribution is 5.99. The van der Waals surface area contributed by atoms with E-state index in [2.05, 4.69) is 42.5 Å². The van der Waals surface area contributed by atoms with Crippen LogP contribution in [0.4, 0.5) is 24.8 Å². The van der Waals surface area contributed by atoms with Crippen LogP contribution < -0.4 is 32.3 Å². The van der Waals surface area contributed by atoms with E-state index in [-0.39, 0.29) is 60.1 Å². The van der Waals surface area contributed by atoms with E-state index in [0.29, 0.717) is 11.3 Å². The molecule has 1 aliphatic rings. The Labute approximate surface area is 447 Å². The minimum absolute atomic E-state index is 0.106. The van der Waals surface area contributed by atoms with E-state index >= 15 is 0 Å². The molecule has 1 fully saturated rings. The van der Waals surface area contributed by atoms with Crippen molar-refractivity contribution in [2.45, 2.75) is 167 Å². The Morgan fingerprint density at radius 1 is 0.872 bits per heavy atom. The van der Waals surface area contributed by atoms with Gasteiger partial charge in [-0.15, -0.1) is 0 Å². The molecule has 0 spiro atoms. The van der Waals surface area contributed by atoms with Gasteiger partial charge in [-0.25, -0.2) is 24.6 Å². The summed E-state index contributed by atoms with van der Waals surface area (Å²) >= 11 is 0. The number of carbonyl (C=O) groups excluding carboxylic acids is 5. The van der Waals surface area contributed by atoms with Crippen LogP contribution in [0, 0.1) is 5.92 Å². The largest absolute Gasteiger partial charge is 0.471 e. The molecule has 1 aliphatic heterocycles. The Balaban J connectivity index is 1.24. The molecule has 4 aromatic rings. The molecule has 0 radical (unpaired) electrons. The van der Waals surface area contributed by atoms with E-state index in [1.165, 1.54) is 64.7 Å². The van der Waals surface area contributed by atoms with Gasteiger partial charge < -0.3 is 24.6 Å². The van der Waals surface area contributed by atoms with Gasteiger partial charge in [0.15, 0.2) is 17.4 Å². The number of hydrogen-bond acceptors (Lipinski definition) is 16. The lowest BCUT2D eigenvalue weighted by Gasteiger charge is -2.25. The van der Waals surface area contributed by atoms with Crippen molar-refractivity contribution in [2.75, 3.05) is 37.6 Å². The van der Waals surface area contributed by atoms with E-state index in [0.717, 1.165) is 85.4 Å². The number of hydrogen-bond donors (Lipinski definition) is 5. The van der Waals surface area contributed by atoms with E-state index in [1.807, 2.05) is 0 Å². The van der Waals surface area contributed by atoms with E-state index in [9.17, 15) is 56.6 Å². The SMILES string of the molecule is CCCCCCCCCCCCCCCCN(OCC1OC(n2ccc(=O)[nH]c2=O)C(OC)C1O)C(=O)CC[C@H](NC(=O)c1ccc(N(Cc2cnc3nc(NC(=O)C(C)C)[nH]c(=O)c3n2)C(=O)C(F)(F)F)cc1)C(=O)OC. The van der Waals surface area contributed by atoms with Crippen molar-refractivity contribution >= 4 is 52.4 Å². The Kier molecular flexibility index (Phi) is 24.1. The van der Waals surface area contributed by atoms with Gasteiger partial charge in [-0.3, -0.25) is 58.4 Å². The first-order chi connectivity index (χ1) is 37.2. The molecule has 3 aromatic heterocycles. The molecule has 1 saturated heterocycles. The summed E-state index contributed by atoms with van der Waals surface area (Å²) < 4.78 is 59.3. The smallest absolute Gasteiger partial charge is 0.467 e. The molecule has 5 rings (SSSR count). The van der Waals surface area contributed by atoms with E-state index in [1.54, 1.807) is 13.8 Å². The van der Waals surface area contributed by atoms with Crippen molar-refractivity contribution in [1.29, 1.82) is 0 Å². The molecule has 1 aromatic carbocycles. The number of anilines is 2. The Hall–Kier alpha value is -6.90. The third kappa shape index (κ3) is 18.1. The number of carbonyl (C=O) groups is 5. The molecule has 0 bridgehead atoms. The highest BCUT2D eigenvalue weighted by Gasteiger charge is 2.46. The second-order valence-electron chi connectivity index (χ2n) is 19.3. The van der Waals surface area contributed by atoms with Crippen LogP contribution >= 0.6 is 0 Å². The number of H-pyrrole nitrogens is 2. The maximum Gasteiger partial charge on any atom is 0.471 e. The first kappa shape index (κ1) is 61.9. The molecule has 23 nitrogen and oxygen atoms in total. The summed E-state index contributed by atoms with van der Waals surface area (Å²) in [6.07, 6.45) is 6.91. The van der Waals surface area contributed by atoms with Crippen LogP contribution in [0.2, 0.25) is 0 Å². The highest BCUT2D eigenvalue weighted by Crippen LogP contribution is 2.31. The number of halogens is 3. The lowest BCUT2D eigenvalue weighted by atomic mass is 10.0. The second kappa shape index (κ2) is 30.3. The molecule has 0 aliphatic carbocycles. The number of aliphatic hydroxyl groups is 1. The van der Waals surface area contributed by atoms with E-state index < -0.39 is 95.6 Å². The van der Waals surface area contributed by atoms with Crippen molar-refractivity contribution in [1.82, 2.24) is 39.9 Å². The topological polar surface area (TPSA) is 299 Å². The lowest BCUT2D eigenvalue weighted by molar-refractivity contribution is -0.203. The average Bonchev–Trinajstić information content (AvgIpc) is 3.73. The molecular formula is C52H71F3N10O13. The molecular weight excluding hydrogens is 1030 g/mol. The Bertz CT molecular complexity index is 2810. The van der Waals surface area contributed by atoms with Gasteiger partial charge in [0.25, 0.3) is 17.0 Å². The van der Waals surface area contributed by atoms with Gasteiger partial charge in [-0.2, -0.15) is 18.2 Å². The van der Waals surface area contributed by atoms with Crippen LogP contribution in [0.1, 0.15) is 146 Å². The van der Waals surface area contributed by atoms with Crippen molar-refractivity contribution < 1.29 is 61.3 Å². The van der Waals surface area contributed by atoms with Crippen LogP contribution in [0.5, 0.6) is 0 Å². The van der Waals surface area contributed by atoms with Gasteiger partial charge in [0.1, 0.15) is 31.0 Å². The van der Waals surface area contributed by atoms with Crippen molar-refractivity contribution in [3.8, 4) is 0 Å². The van der Waals surface area contributed by atoms with Crippen molar-refractivity contribution in [3.63, 3.8) is 0 Å². The number of nitrogens with zero attached hydrogens (tertiary/aromatic N) is 6. The molecule has 0 saturated carbocycles. The number of aromatic nitrogens is 6. The van der Waals surface area contributed by atoms with Gasteiger partial charge >= 0.3 is 23.7 Å². The average molecular weight is 1100 g/mol. The van der Waals surface area contributed by atoms with Gasteiger partial charge in [0, 0.05) is 49.5 Å². The van der Waals surface area contributed by atoms with Crippen LogP contribution in [-0.2, 0) is 44.8 Å². The van der Waals surface area contributed by atoms with Crippen LogP contribution in [0.25, 0.3) is 11.2 Å². The van der Waals surface area contributed by atoms with E-state index in [4.69, 9.17) is 19.0 Å². The summed E-state index contributed by atoms with van der Waals surface area (Å²) in [5.41, 5.74) is -3.67. The number of hydroxylamine groups is 2. The number of benzene rings is 1. The summed E-state index contributed by atoms with van der Waals surface area (Å²) in [5.74, 6) is -5.86. The standard InChI is InChI=1S/C52H71F3N10O13/c1-6-7-8-9-10-11-12-13-14-15-16-17-18-19-27-65(77-31-37-41(68)42(75-4)47(78-37)63-28-26-38(66)59-51(63)74)39(67)25-24-36(48(72)76-5)58-45(70)33-20-22-35(23-21-33)64(49(73)52(53,54)55)30-34-29-56-43-40(57-34)46(71)62-50(60-43)61-44(69)32(2)3/h20-23,26,28-29,32,36-37,41-42,47,68H,6-19,24-25,27,30-31H2,1-5H3,(H,58,70)(H,59,66,74)(H2,56,60,61,62,69,71)/t36-,37?,41?,42?,47?/m0/s1. The Morgan fingerprint density at radius 3 is 2.08 bits per heavy atom. The minimum atomic E-state index is -5.38. The predicted octanol–water partition coefficient (Wildman–Crippen LogP) is 5.52. The van der Waals surface area contributed by atoms with Crippen LogP contribution in [0.3, 0.4) is 0 Å². The molecule has 78 heavy (non-hydrogen) atoms. The molecule has 5 N–H and O–H groups in total. The van der Waals surface area contributed by atoms with Gasteiger partial charge in [0.05, 0.1) is 25.5 Å². The number of rotatable bonds is 31. The van der Waals surface area contributed by atoms with Gasteiger partial charge in [-0.1, -0.05) is 104 Å². The number of aromatic amines is 2.